The van der Waals surface area contributed by atoms with E-state index in [0.717, 1.165) is 25.9 Å². The number of amides is 1. The Morgan fingerprint density at radius 3 is 2.32 bits per heavy atom. The highest BCUT2D eigenvalue weighted by molar-refractivity contribution is 7.88. The summed E-state index contributed by atoms with van der Waals surface area (Å²) in [5, 5.41) is 4.38. The van der Waals surface area contributed by atoms with E-state index in [2.05, 4.69) is 5.10 Å². The fraction of sp³-hybridized carbons (Fsp3) is 0.800. The van der Waals surface area contributed by atoms with Crippen molar-refractivity contribution in [3.63, 3.8) is 0 Å². The molecule has 2 saturated heterocycles. The van der Waals surface area contributed by atoms with Crippen LogP contribution in [-0.2, 0) is 28.4 Å². The van der Waals surface area contributed by atoms with Gasteiger partial charge in [0.2, 0.25) is 15.9 Å². The third-order valence-electron chi connectivity index (χ3n) is 5.11. The van der Waals surface area contributed by atoms with Gasteiger partial charge in [-0.2, -0.15) is 5.10 Å². The van der Waals surface area contributed by atoms with Crippen LogP contribution in [0.1, 0.15) is 37.4 Å². The maximum absolute atomic E-state index is 12.4. The molecule has 0 saturated carbocycles. The number of hydrogen-bond acceptors (Lipinski definition) is 5. The minimum atomic E-state index is -3.18. The van der Waals surface area contributed by atoms with Gasteiger partial charge in [0, 0.05) is 39.1 Å². The predicted octanol–water partition coefficient (Wildman–Crippen LogP) is -0.657. The number of piperidine rings is 1. The summed E-state index contributed by atoms with van der Waals surface area (Å²) in [5.41, 5.74) is -0.298. The number of aromatic nitrogens is 3. The maximum atomic E-state index is 12.4. The SMILES string of the molecule is Cn1c(C2CCN(S(C)(=O)=O)CC2)nn(CC(=O)N2CCCC2)c1=O. The lowest BCUT2D eigenvalue weighted by Crippen LogP contribution is -2.37. The second kappa shape index (κ2) is 6.91. The average Bonchev–Trinajstić information content (AvgIpc) is 3.19. The first-order valence-electron chi connectivity index (χ1n) is 8.64. The van der Waals surface area contributed by atoms with Crippen LogP contribution in [0.2, 0.25) is 0 Å². The van der Waals surface area contributed by atoms with Gasteiger partial charge in [0.15, 0.2) is 0 Å². The molecule has 9 nitrogen and oxygen atoms in total. The van der Waals surface area contributed by atoms with Crippen molar-refractivity contribution in [2.75, 3.05) is 32.4 Å². The third kappa shape index (κ3) is 3.79. The molecule has 2 fully saturated rings. The van der Waals surface area contributed by atoms with E-state index in [0.29, 0.717) is 31.8 Å². The summed E-state index contributed by atoms with van der Waals surface area (Å²) >= 11 is 0. The molecule has 140 valence electrons. The standard InChI is InChI=1S/C15H25N5O4S/c1-17-14(12-5-9-19(10-6-12)25(2,23)24)16-20(15(17)22)11-13(21)18-7-3-4-8-18/h12H,3-11H2,1-2H3. The van der Waals surface area contributed by atoms with Gasteiger partial charge in [0.05, 0.1) is 6.26 Å². The summed E-state index contributed by atoms with van der Waals surface area (Å²) in [6.07, 6.45) is 4.47. The molecule has 2 aliphatic heterocycles. The Hall–Kier alpha value is -1.68. The molecule has 0 radical (unpaired) electrons. The Kier molecular flexibility index (Phi) is 5.01. The van der Waals surface area contributed by atoms with Crippen LogP contribution < -0.4 is 5.69 Å². The summed E-state index contributed by atoms with van der Waals surface area (Å²) in [6.45, 7) is 2.32. The summed E-state index contributed by atoms with van der Waals surface area (Å²) in [6, 6.07) is 0. The zero-order valence-electron chi connectivity index (χ0n) is 14.7. The molecule has 0 aliphatic carbocycles. The highest BCUT2D eigenvalue weighted by Gasteiger charge is 2.29. The van der Waals surface area contributed by atoms with Crippen molar-refractivity contribution in [2.24, 2.45) is 7.05 Å². The molecule has 25 heavy (non-hydrogen) atoms. The number of carbonyl (C=O) groups is 1. The van der Waals surface area contributed by atoms with Gasteiger partial charge in [-0.05, 0) is 25.7 Å². The Morgan fingerprint density at radius 1 is 1.16 bits per heavy atom. The zero-order valence-corrected chi connectivity index (χ0v) is 15.5. The van der Waals surface area contributed by atoms with Gasteiger partial charge >= 0.3 is 5.69 Å². The molecule has 1 amide bonds. The minimum Gasteiger partial charge on any atom is -0.341 e. The fourth-order valence-electron chi connectivity index (χ4n) is 3.60. The first-order chi connectivity index (χ1) is 11.8. The molecular weight excluding hydrogens is 346 g/mol. The van der Waals surface area contributed by atoms with Gasteiger partial charge in [0.1, 0.15) is 12.4 Å². The van der Waals surface area contributed by atoms with Crippen molar-refractivity contribution in [3.8, 4) is 0 Å². The van der Waals surface area contributed by atoms with E-state index in [1.807, 2.05) is 0 Å². The highest BCUT2D eigenvalue weighted by Crippen LogP contribution is 2.26. The van der Waals surface area contributed by atoms with Crippen LogP contribution in [0.3, 0.4) is 0 Å². The number of sulfonamides is 1. The quantitative estimate of drug-likeness (QED) is 0.700. The van der Waals surface area contributed by atoms with Crippen molar-refractivity contribution in [2.45, 2.75) is 38.1 Å². The van der Waals surface area contributed by atoms with Gasteiger partial charge in [-0.25, -0.2) is 22.2 Å². The molecule has 2 aliphatic rings. The molecule has 3 heterocycles. The average molecular weight is 371 g/mol. The number of hydrogen-bond donors (Lipinski definition) is 0. The lowest BCUT2D eigenvalue weighted by molar-refractivity contribution is -0.131. The number of rotatable bonds is 4. The molecule has 0 atom stereocenters. The number of likely N-dealkylation sites (tertiary alicyclic amines) is 1. The van der Waals surface area contributed by atoms with Crippen molar-refractivity contribution in [3.05, 3.63) is 16.3 Å². The number of carbonyl (C=O) groups excluding carboxylic acids is 1. The van der Waals surface area contributed by atoms with E-state index in [1.54, 1.807) is 11.9 Å². The monoisotopic (exact) mass is 371 g/mol. The molecule has 0 unspecified atom stereocenters. The molecule has 0 bridgehead atoms. The Labute approximate surface area is 147 Å². The van der Waals surface area contributed by atoms with Gasteiger partial charge in [0.25, 0.3) is 0 Å². The van der Waals surface area contributed by atoms with Crippen LogP contribution in [-0.4, -0.2) is 70.3 Å². The first kappa shape index (κ1) is 18.1. The molecule has 1 aromatic rings. The van der Waals surface area contributed by atoms with E-state index >= 15 is 0 Å². The second-order valence-corrected chi connectivity index (χ2v) is 8.86. The zero-order chi connectivity index (χ0) is 18.2. The minimum absolute atomic E-state index is 0.0267. The molecule has 1 aromatic heterocycles. The largest absolute Gasteiger partial charge is 0.346 e. The molecule has 3 rings (SSSR count). The van der Waals surface area contributed by atoms with Crippen molar-refractivity contribution < 1.29 is 13.2 Å². The maximum Gasteiger partial charge on any atom is 0.346 e. The Balaban J connectivity index is 1.71. The van der Waals surface area contributed by atoms with Gasteiger partial charge in [-0.15, -0.1) is 0 Å². The van der Waals surface area contributed by atoms with E-state index in [9.17, 15) is 18.0 Å². The smallest absolute Gasteiger partial charge is 0.341 e. The lowest BCUT2D eigenvalue weighted by Gasteiger charge is -2.29. The molecule has 0 aromatic carbocycles. The van der Waals surface area contributed by atoms with Crippen LogP contribution in [0.15, 0.2) is 4.79 Å². The van der Waals surface area contributed by atoms with E-state index in [1.165, 1.54) is 19.8 Å². The Morgan fingerprint density at radius 2 is 1.76 bits per heavy atom. The predicted molar refractivity (Wildman–Crippen MR) is 91.7 cm³/mol. The topological polar surface area (TPSA) is 97.5 Å². The normalized spacial score (nSPS) is 20.3. The Bertz CT molecular complexity index is 798. The summed E-state index contributed by atoms with van der Waals surface area (Å²) in [5.74, 6) is 0.586. The molecule has 10 heteroatoms. The van der Waals surface area contributed by atoms with Crippen LogP contribution in [0.4, 0.5) is 0 Å². The summed E-state index contributed by atoms with van der Waals surface area (Å²) in [4.78, 5) is 26.4. The van der Waals surface area contributed by atoms with Gasteiger partial charge < -0.3 is 4.90 Å². The highest BCUT2D eigenvalue weighted by atomic mass is 32.2. The van der Waals surface area contributed by atoms with E-state index < -0.39 is 10.0 Å². The lowest BCUT2D eigenvalue weighted by atomic mass is 9.97. The van der Waals surface area contributed by atoms with Gasteiger partial charge in [-0.1, -0.05) is 0 Å². The first-order valence-corrected chi connectivity index (χ1v) is 10.5. The third-order valence-corrected chi connectivity index (χ3v) is 6.41. The van der Waals surface area contributed by atoms with Crippen LogP contribution in [0.5, 0.6) is 0 Å². The van der Waals surface area contributed by atoms with Gasteiger partial charge in [-0.3, -0.25) is 9.36 Å². The second-order valence-electron chi connectivity index (χ2n) is 6.88. The van der Waals surface area contributed by atoms with E-state index in [-0.39, 0.29) is 24.1 Å². The number of nitrogens with zero attached hydrogens (tertiary/aromatic N) is 5. The molecule has 0 N–H and O–H groups in total. The summed E-state index contributed by atoms with van der Waals surface area (Å²) in [7, 11) is -1.52. The van der Waals surface area contributed by atoms with Crippen molar-refractivity contribution in [1.82, 2.24) is 23.6 Å². The molecule has 0 spiro atoms. The fourth-order valence-corrected chi connectivity index (χ4v) is 4.48. The van der Waals surface area contributed by atoms with Crippen LogP contribution in [0, 0.1) is 0 Å². The van der Waals surface area contributed by atoms with E-state index in [4.69, 9.17) is 0 Å². The van der Waals surface area contributed by atoms with Crippen molar-refractivity contribution in [1.29, 1.82) is 0 Å². The van der Waals surface area contributed by atoms with Crippen LogP contribution >= 0.6 is 0 Å². The molecular formula is C15H25N5O4S. The summed E-state index contributed by atoms with van der Waals surface area (Å²) < 4.78 is 27.4. The van der Waals surface area contributed by atoms with Crippen molar-refractivity contribution >= 4 is 15.9 Å². The van der Waals surface area contributed by atoms with Crippen LogP contribution in [0.25, 0.3) is 0 Å².